The van der Waals surface area contributed by atoms with Crippen molar-refractivity contribution >= 4 is 33.2 Å². The van der Waals surface area contributed by atoms with Gasteiger partial charge in [0.05, 0.1) is 21.7 Å². The zero-order chi connectivity index (χ0) is 20.8. The first-order valence-corrected chi connectivity index (χ1v) is 9.66. The molecule has 1 aromatic heterocycles. The van der Waals surface area contributed by atoms with Crippen LogP contribution in [0.5, 0.6) is 0 Å². The van der Waals surface area contributed by atoms with Gasteiger partial charge in [0.1, 0.15) is 0 Å². The second kappa shape index (κ2) is 9.24. The Morgan fingerprint density at radius 2 is 1.90 bits per heavy atom. The fourth-order valence-corrected chi connectivity index (χ4v) is 3.19. The smallest absolute Gasteiger partial charge is 0.266 e. The Balaban J connectivity index is 1.71. The van der Waals surface area contributed by atoms with Crippen LogP contribution in [0.25, 0.3) is 0 Å². The van der Waals surface area contributed by atoms with Crippen LogP contribution in [0.4, 0.5) is 5.69 Å². The van der Waals surface area contributed by atoms with Gasteiger partial charge < -0.3 is 0 Å². The normalized spacial score (nSPS) is 11.3. The van der Waals surface area contributed by atoms with Gasteiger partial charge in [0.25, 0.3) is 11.6 Å². The Hall–Kier alpha value is -3.33. The predicted molar refractivity (Wildman–Crippen MR) is 113 cm³/mol. The van der Waals surface area contributed by atoms with Gasteiger partial charge in [-0.15, -0.1) is 0 Å². The van der Waals surface area contributed by atoms with E-state index < -0.39 is 10.8 Å². The highest BCUT2D eigenvalue weighted by molar-refractivity contribution is 9.10. The second-order valence-electron chi connectivity index (χ2n) is 6.17. The van der Waals surface area contributed by atoms with Gasteiger partial charge in [0, 0.05) is 18.3 Å². The van der Waals surface area contributed by atoms with E-state index in [1.165, 1.54) is 12.1 Å². The van der Waals surface area contributed by atoms with Gasteiger partial charge in [-0.1, -0.05) is 49.4 Å². The summed E-state index contributed by atoms with van der Waals surface area (Å²) in [5.74, 6) is -0.429. The number of halogens is 1. The molecule has 0 aliphatic carbocycles. The molecular formula is C20H18BrN5O3. The lowest BCUT2D eigenvalue weighted by molar-refractivity contribution is -0.384. The number of carbonyl (C=O) groups excluding carboxylic acids is 1. The summed E-state index contributed by atoms with van der Waals surface area (Å²) in [4.78, 5) is 22.8. The topological polar surface area (TPSA) is 102 Å². The molecule has 8 nitrogen and oxygen atoms in total. The number of amides is 1. The van der Waals surface area contributed by atoms with Crippen LogP contribution >= 0.6 is 15.9 Å². The van der Waals surface area contributed by atoms with E-state index in [-0.39, 0.29) is 11.4 Å². The Morgan fingerprint density at radius 1 is 1.21 bits per heavy atom. The second-order valence-corrected chi connectivity index (χ2v) is 7.02. The van der Waals surface area contributed by atoms with Crippen molar-refractivity contribution in [3.05, 3.63) is 92.2 Å². The zero-order valence-corrected chi connectivity index (χ0v) is 17.2. The minimum absolute atomic E-state index is 0.0264. The Kier molecular flexibility index (Phi) is 6.50. The number of nitro groups is 1. The molecule has 148 valence electrons. The SMILES string of the molecule is CC/C(=N/NC(=O)c1nn(Cc2ccc([N+](=O)[O-])cc2)cc1Br)c1ccccc1. The number of nitro benzene ring substituents is 1. The molecule has 1 heterocycles. The molecule has 0 aliphatic rings. The molecule has 0 fully saturated rings. The third-order valence-corrected chi connectivity index (χ3v) is 4.74. The fraction of sp³-hybridized carbons (Fsp3) is 0.150. The molecule has 29 heavy (non-hydrogen) atoms. The number of hydrogen-bond acceptors (Lipinski definition) is 5. The van der Waals surface area contributed by atoms with Crippen LogP contribution in [0.2, 0.25) is 0 Å². The molecule has 0 unspecified atom stereocenters. The highest BCUT2D eigenvalue weighted by Crippen LogP contribution is 2.17. The first kappa shape index (κ1) is 20.4. The van der Waals surface area contributed by atoms with E-state index in [9.17, 15) is 14.9 Å². The molecular weight excluding hydrogens is 438 g/mol. The van der Waals surface area contributed by atoms with Crippen LogP contribution in [-0.2, 0) is 6.54 Å². The number of benzene rings is 2. The average Bonchev–Trinajstić information content (AvgIpc) is 3.09. The molecule has 0 atom stereocenters. The molecule has 1 N–H and O–H groups in total. The molecule has 3 aromatic rings. The van der Waals surface area contributed by atoms with Gasteiger partial charge >= 0.3 is 0 Å². The van der Waals surface area contributed by atoms with Gasteiger partial charge in [-0.3, -0.25) is 19.6 Å². The summed E-state index contributed by atoms with van der Waals surface area (Å²) in [6, 6.07) is 15.8. The number of hydrogen-bond donors (Lipinski definition) is 1. The number of carbonyl (C=O) groups is 1. The Labute approximate surface area is 175 Å². The van der Waals surface area contributed by atoms with E-state index in [0.717, 1.165) is 16.8 Å². The van der Waals surface area contributed by atoms with Crippen LogP contribution in [0.1, 0.15) is 35.0 Å². The lowest BCUT2D eigenvalue weighted by Crippen LogP contribution is -2.21. The summed E-state index contributed by atoms with van der Waals surface area (Å²) in [5, 5.41) is 19.3. The van der Waals surface area contributed by atoms with Crippen molar-refractivity contribution in [3.8, 4) is 0 Å². The minimum Gasteiger partial charge on any atom is -0.266 e. The van der Waals surface area contributed by atoms with Crippen molar-refractivity contribution in [2.45, 2.75) is 19.9 Å². The Morgan fingerprint density at radius 3 is 2.52 bits per heavy atom. The first-order chi connectivity index (χ1) is 14.0. The number of non-ortho nitro benzene ring substituents is 1. The maximum Gasteiger partial charge on any atom is 0.293 e. The van der Waals surface area contributed by atoms with Crippen molar-refractivity contribution in [1.29, 1.82) is 0 Å². The van der Waals surface area contributed by atoms with E-state index in [4.69, 9.17) is 0 Å². The van der Waals surface area contributed by atoms with Gasteiger partial charge in [-0.25, -0.2) is 5.43 Å². The molecule has 0 saturated heterocycles. The minimum atomic E-state index is -0.447. The summed E-state index contributed by atoms with van der Waals surface area (Å²) in [6.07, 6.45) is 2.35. The maximum atomic E-state index is 12.5. The van der Waals surface area contributed by atoms with Crippen LogP contribution in [0, 0.1) is 10.1 Å². The molecule has 9 heteroatoms. The fourth-order valence-electron chi connectivity index (χ4n) is 2.69. The van der Waals surface area contributed by atoms with Crippen LogP contribution < -0.4 is 5.43 Å². The number of hydrazone groups is 1. The van der Waals surface area contributed by atoms with Crippen molar-refractivity contribution in [3.63, 3.8) is 0 Å². The summed E-state index contributed by atoms with van der Waals surface area (Å²) in [5.41, 5.74) is 5.32. The van der Waals surface area contributed by atoms with Gasteiger partial charge in [-0.2, -0.15) is 10.2 Å². The van der Waals surface area contributed by atoms with Crippen molar-refractivity contribution < 1.29 is 9.72 Å². The highest BCUT2D eigenvalue weighted by atomic mass is 79.9. The van der Waals surface area contributed by atoms with Crippen molar-refractivity contribution in [2.24, 2.45) is 5.10 Å². The molecule has 0 radical (unpaired) electrons. The van der Waals surface area contributed by atoms with E-state index >= 15 is 0 Å². The largest absolute Gasteiger partial charge is 0.293 e. The zero-order valence-electron chi connectivity index (χ0n) is 15.6. The summed E-state index contributed by atoms with van der Waals surface area (Å²) in [7, 11) is 0. The van der Waals surface area contributed by atoms with Crippen LogP contribution in [0.3, 0.4) is 0 Å². The molecule has 0 spiro atoms. The molecule has 0 aliphatic heterocycles. The van der Waals surface area contributed by atoms with Crippen LogP contribution in [-0.4, -0.2) is 26.3 Å². The molecule has 0 bridgehead atoms. The lowest BCUT2D eigenvalue weighted by atomic mass is 10.1. The highest BCUT2D eigenvalue weighted by Gasteiger charge is 2.16. The maximum absolute atomic E-state index is 12.5. The molecule has 3 rings (SSSR count). The summed E-state index contributed by atoms with van der Waals surface area (Å²) < 4.78 is 2.12. The summed E-state index contributed by atoms with van der Waals surface area (Å²) >= 11 is 3.35. The lowest BCUT2D eigenvalue weighted by Gasteiger charge is -2.04. The van der Waals surface area contributed by atoms with Crippen LogP contribution in [0.15, 0.2) is 70.4 Å². The molecule has 1 amide bonds. The van der Waals surface area contributed by atoms with E-state index in [2.05, 4.69) is 31.6 Å². The number of nitrogens with one attached hydrogen (secondary N) is 1. The predicted octanol–water partition coefficient (Wildman–Crippen LogP) is 4.15. The number of aromatic nitrogens is 2. The van der Waals surface area contributed by atoms with E-state index in [0.29, 0.717) is 17.4 Å². The third kappa shape index (κ3) is 5.14. The summed E-state index contributed by atoms with van der Waals surface area (Å²) in [6.45, 7) is 2.34. The number of nitrogens with zero attached hydrogens (tertiary/aromatic N) is 4. The van der Waals surface area contributed by atoms with Crippen molar-refractivity contribution in [2.75, 3.05) is 0 Å². The first-order valence-electron chi connectivity index (χ1n) is 8.86. The van der Waals surface area contributed by atoms with E-state index in [1.807, 2.05) is 37.3 Å². The third-order valence-electron chi connectivity index (χ3n) is 4.16. The number of rotatable bonds is 7. The standard InChI is InChI=1S/C20H18BrN5O3/c1-2-18(15-6-4-3-5-7-15)22-23-20(27)19-17(21)13-25(24-19)12-14-8-10-16(11-9-14)26(28)29/h3-11,13H,2,12H2,1H3,(H,23,27)/b22-18-. The van der Waals surface area contributed by atoms with Gasteiger partial charge in [0.15, 0.2) is 5.69 Å². The monoisotopic (exact) mass is 455 g/mol. The molecule has 2 aromatic carbocycles. The quantitative estimate of drug-likeness (QED) is 0.328. The van der Waals surface area contributed by atoms with Gasteiger partial charge in [-0.05, 0) is 33.5 Å². The van der Waals surface area contributed by atoms with Gasteiger partial charge in [0.2, 0.25) is 0 Å². The van der Waals surface area contributed by atoms with Crippen molar-refractivity contribution in [1.82, 2.24) is 15.2 Å². The average molecular weight is 456 g/mol. The van der Waals surface area contributed by atoms with E-state index in [1.54, 1.807) is 23.0 Å². The Bertz CT molecular complexity index is 1050. The molecule has 0 saturated carbocycles.